The molecule has 1 aromatic heterocycles. The minimum absolute atomic E-state index is 0.000802. The molecule has 0 unspecified atom stereocenters. The van der Waals surface area contributed by atoms with Crippen LogP contribution in [0, 0.1) is 0 Å². The Hall–Kier alpha value is -3.74. The van der Waals surface area contributed by atoms with Crippen LogP contribution in [0.2, 0.25) is 0 Å². The molecule has 0 spiro atoms. The lowest BCUT2D eigenvalue weighted by atomic mass is 10.2. The van der Waals surface area contributed by atoms with E-state index in [4.69, 9.17) is 9.15 Å². The maximum absolute atomic E-state index is 13.3. The normalized spacial score (nSPS) is 12.8. The summed E-state index contributed by atoms with van der Waals surface area (Å²) in [5.74, 6) is 1.14. The first kappa shape index (κ1) is 21.5. The van der Waals surface area contributed by atoms with Crippen LogP contribution in [0.5, 0.6) is 5.75 Å². The molecular weight excluding hydrogens is 406 g/mol. The van der Waals surface area contributed by atoms with Crippen LogP contribution in [0.25, 0.3) is 0 Å². The number of urea groups is 1. The van der Waals surface area contributed by atoms with Crippen LogP contribution in [0.1, 0.15) is 24.2 Å². The minimum atomic E-state index is -0.303. The van der Waals surface area contributed by atoms with E-state index in [1.807, 2.05) is 48.5 Å². The van der Waals surface area contributed by atoms with E-state index >= 15 is 0 Å². The zero-order valence-electron chi connectivity index (χ0n) is 18.1. The second-order valence-corrected chi connectivity index (χ2v) is 7.80. The quantitative estimate of drug-likeness (QED) is 0.539. The summed E-state index contributed by atoms with van der Waals surface area (Å²) in [5.41, 5.74) is 1.60. The van der Waals surface area contributed by atoms with E-state index < -0.39 is 0 Å². The fraction of sp³-hybridized carbons (Fsp3) is 0.280. The number of nitrogens with one attached hydrogen (secondary N) is 1. The third-order valence-electron chi connectivity index (χ3n) is 5.40. The predicted octanol–water partition coefficient (Wildman–Crippen LogP) is 4.51. The predicted molar refractivity (Wildman–Crippen MR) is 121 cm³/mol. The Balaban J connectivity index is 1.48. The molecule has 1 fully saturated rings. The molecular formula is C25H27N3O4. The van der Waals surface area contributed by atoms with Crippen molar-refractivity contribution in [3.8, 4) is 5.75 Å². The lowest BCUT2D eigenvalue weighted by Gasteiger charge is -2.27. The molecule has 4 rings (SSSR count). The number of nitrogens with zero attached hydrogens (tertiary/aromatic N) is 2. The van der Waals surface area contributed by atoms with Crippen molar-refractivity contribution in [2.24, 2.45) is 0 Å². The SMILES string of the molecule is COc1ccccc1NC(=O)N(CC(=O)N(Cc1ccccc1)Cc1ccco1)C1CC1. The van der Waals surface area contributed by atoms with Crippen molar-refractivity contribution in [3.63, 3.8) is 0 Å². The van der Waals surface area contributed by atoms with Gasteiger partial charge in [0.25, 0.3) is 0 Å². The zero-order valence-corrected chi connectivity index (χ0v) is 18.1. The van der Waals surface area contributed by atoms with Crippen LogP contribution in [-0.4, -0.2) is 41.4 Å². The summed E-state index contributed by atoms with van der Waals surface area (Å²) in [6, 6.07) is 20.4. The highest BCUT2D eigenvalue weighted by atomic mass is 16.5. The molecule has 7 nitrogen and oxygen atoms in total. The van der Waals surface area contributed by atoms with Gasteiger partial charge in [-0.3, -0.25) is 4.79 Å². The van der Waals surface area contributed by atoms with E-state index in [0.717, 1.165) is 18.4 Å². The van der Waals surface area contributed by atoms with Gasteiger partial charge < -0.3 is 24.3 Å². The lowest BCUT2D eigenvalue weighted by molar-refractivity contribution is -0.133. The molecule has 3 amide bonds. The largest absolute Gasteiger partial charge is 0.495 e. The number of benzene rings is 2. The van der Waals surface area contributed by atoms with Crippen LogP contribution in [0.15, 0.2) is 77.4 Å². The highest BCUT2D eigenvalue weighted by Gasteiger charge is 2.35. The van der Waals surface area contributed by atoms with Crippen molar-refractivity contribution >= 4 is 17.6 Å². The monoisotopic (exact) mass is 433 g/mol. The molecule has 32 heavy (non-hydrogen) atoms. The third-order valence-corrected chi connectivity index (χ3v) is 5.40. The molecule has 2 aromatic carbocycles. The topological polar surface area (TPSA) is 75.0 Å². The second kappa shape index (κ2) is 10.0. The third kappa shape index (κ3) is 5.49. The number of carbonyl (C=O) groups is 2. The van der Waals surface area contributed by atoms with Crippen molar-refractivity contribution in [3.05, 3.63) is 84.3 Å². The number of hydrogen-bond donors (Lipinski definition) is 1. The van der Waals surface area contributed by atoms with Crippen molar-refractivity contribution in [1.82, 2.24) is 9.80 Å². The highest BCUT2D eigenvalue weighted by Crippen LogP contribution is 2.29. The first-order chi connectivity index (χ1) is 15.6. The van der Waals surface area contributed by atoms with Crippen LogP contribution >= 0.6 is 0 Å². The second-order valence-electron chi connectivity index (χ2n) is 7.80. The van der Waals surface area contributed by atoms with Gasteiger partial charge in [0.2, 0.25) is 5.91 Å². The Morgan fingerprint density at radius 2 is 1.75 bits per heavy atom. The number of rotatable bonds is 9. The van der Waals surface area contributed by atoms with Crippen molar-refractivity contribution in [2.45, 2.75) is 32.0 Å². The number of methoxy groups -OCH3 is 1. The van der Waals surface area contributed by atoms with Crippen LogP contribution in [0.4, 0.5) is 10.5 Å². The molecule has 166 valence electrons. The first-order valence-electron chi connectivity index (χ1n) is 10.7. The van der Waals surface area contributed by atoms with Crippen molar-refractivity contribution in [1.29, 1.82) is 0 Å². The van der Waals surface area contributed by atoms with E-state index in [2.05, 4.69) is 5.32 Å². The van der Waals surface area contributed by atoms with Crippen LogP contribution < -0.4 is 10.1 Å². The number of carbonyl (C=O) groups excluding carboxylic acids is 2. The number of hydrogen-bond acceptors (Lipinski definition) is 4. The summed E-state index contributed by atoms with van der Waals surface area (Å²) in [4.78, 5) is 29.7. The van der Waals surface area contributed by atoms with Gasteiger partial charge in [0.05, 0.1) is 25.6 Å². The summed E-state index contributed by atoms with van der Waals surface area (Å²) in [6.07, 6.45) is 3.38. The van der Waals surface area contributed by atoms with Crippen LogP contribution in [0.3, 0.4) is 0 Å². The molecule has 1 saturated carbocycles. The van der Waals surface area contributed by atoms with E-state index in [-0.39, 0.29) is 24.5 Å². The standard InChI is InChI=1S/C25H27N3O4/c1-31-23-12-6-5-11-22(23)26-25(30)28(20-13-14-20)18-24(29)27(17-21-10-7-15-32-21)16-19-8-3-2-4-9-19/h2-12,15,20H,13-14,16-18H2,1H3,(H,26,30). The number of amides is 3. The van der Waals surface area contributed by atoms with Gasteiger partial charge in [-0.2, -0.15) is 0 Å². The lowest BCUT2D eigenvalue weighted by Crippen LogP contribution is -2.45. The summed E-state index contributed by atoms with van der Waals surface area (Å²) in [6.45, 7) is 0.777. The number of para-hydroxylation sites is 2. The smallest absolute Gasteiger partial charge is 0.322 e. The van der Waals surface area contributed by atoms with Gasteiger partial charge in [-0.05, 0) is 42.7 Å². The molecule has 3 aromatic rings. The average molecular weight is 434 g/mol. The molecule has 0 radical (unpaired) electrons. The molecule has 7 heteroatoms. The Morgan fingerprint density at radius 1 is 1.00 bits per heavy atom. The fourth-order valence-corrected chi connectivity index (χ4v) is 3.56. The molecule has 1 heterocycles. The van der Waals surface area contributed by atoms with E-state index in [0.29, 0.717) is 30.3 Å². The summed E-state index contributed by atoms with van der Waals surface area (Å²) < 4.78 is 10.8. The van der Waals surface area contributed by atoms with Crippen molar-refractivity contribution < 1.29 is 18.7 Å². The molecule has 0 bridgehead atoms. The summed E-state index contributed by atoms with van der Waals surface area (Å²) in [7, 11) is 1.56. The minimum Gasteiger partial charge on any atom is -0.495 e. The number of furan rings is 1. The average Bonchev–Trinajstić information content (AvgIpc) is 3.53. The highest BCUT2D eigenvalue weighted by molar-refractivity contribution is 5.94. The Kier molecular flexibility index (Phi) is 6.75. The number of anilines is 1. The van der Waals surface area contributed by atoms with E-state index in [1.54, 1.807) is 41.4 Å². The van der Waals surface area contributed by atoms with Gasteiger partial charge in [0.15, 0.2) is 0 Å². The van der Waals surface area contributed by atoms with E-state index in [1.165, 1.54) is 0 Å². The molecule has 0 atom stereocenters. The Labute approximate surface area is 187 Å². The summed E-state index contributed by atoms with van der Waals surface area (Å²) >= 11 is 0. The van der Waals surface area contributed by atoms with E-state index in [9.17, 15) is 9.59 Å². The summed E-state index contributed by atoms with van der Waals surface area (Å²) in [5, 5.41) is 2.90. The van der Waals surface area contributed by atoms with Gasteiger partial charge in [-0.25, -0.2) is 4.79 Å². The first-order valence-corrected chi connectivity index (χ1v) is 10.7. The molecule has 1 aliphatic carbocycles. The van der Waals surface area contributed by atoms with Crippen LogP contribution in [-0.2, 0) is 17.9 Å². The van der Waals surface area contributed by atoms with Gasteiger partial charge >= 0.3 is 6.03 Å². The molecule has 1 N–H and O–H groups in total. The zero-order chi connectivity index (χ0) is 22.3. The van der Waals surface area contributed by atoms with Gasteiger partial charge in [-0.1, -0.05) is 42.5 Å². The van der Waals surface area contributed by atoms with Gasteiger partial charge in [0.1, 0.15) is 18.1 Å². The Bertz CT molecular complexity index is 1030. The van der Waals surface area contributed by atoms with Crippen molar-refractivity contribution in [2.75, 3.05) is 19.0 Å². The van der Waals surface area contributed by atoms with Gasteiger partial charge in [-0.15, -0.1) is 0 Å². The fourth-order valence-electron chi connectivity index (χ4n) is 3.56. The maximum Gasteiger partial charge on any atom is 0.322 e. The molecule has 0 saturated heterocycles. The number of ether oxygens (including phenoxy) is 1. The molecule has 0 aliphatic heterocycles. The molecule has 1 aliphatic rings. The van der Waals surface area contributed by atoms with Gasteiger partial charge in [0, 0.05) is 12.6 Å². The Morgan fingerprint density at radius 3 is 2.44 bits per heavy atom. The maximum atomic E-state index is 13.3.